The lowest BCUT2D eigenvalue weighted by atomic mass is 10.0. The summed E-state index contributed by atoms with van der Waals surface area (Å²) < 4.78 is 37.1. The lowest BCUT2D eigenvalue weighted by Crippen LogP contribution is -1.97. The van der Waals surface area contributed by atoms with Gasteiger partial charge in [-0.1, -0.05) is 13.0 Å². The fourth-order valence-electron chi connectivity index (χ4n) is 0.908. The molecule has 0 saturated heterocycles. The van der Waals surface area contributed by atoms with Crippen molar-refractivity contribution in [3.8, 4) is 0 Å². The van der Waals surface area contributed by atoms with E-state index >= 15 is 0 Å². The lowest BCUT2D eigenvalue weighted by Gasteiger charge is -2.06. The van der Waals surface area contributed by atoms with E-state index in [1.54, 1.807) is 6.92 Å². The summed E-state index contributed by atoms with van der Waals surface area (Å²) in [6.45, 7) is 1.05. The second-order valence-corrected chi connectivity index (χ2v) is 2.73. The van der Waals surface area contributed by atoms with Gasteiger partial charge in [-0.25, -0.2) is 8.78 Å². The van der Waals surface area contributed by atoms with Gasteiger partial charge in [0.2, 0.25) is 0 Å². The average Bonchev–Trinajstić information content (AvgIpc) is 2.08. The number of hydrogen-bond donors (Lipinski definition) is 0. The highest BCUT2D eigenvalue weighted by Crippen LogP contribution is 2.17. The Bertz CT molecular complexity index is 270. The van der Waals surface area contributed by atoms with Crippen LogP contribution in [0.4, 0.5) is 13.2 Å². The Morgan fingerprint density at radius 1 is 1.25 bits per heavy atom. The summed E-state index contributed by atoms with van der Waals surface area (Å²) in [5.41, 5.74) is 0.483. The maximum atomic E-state index is 12.6. The minimum atomic E-state index is -0.923. The summed E-state index contributed by atoms with van der Waals surface area (Å²) in [6.07, 6.45) is 0. The summed E-state index contributed by atoms with van der Waals surface area (Å²) in [5, 5.41) is 0. The standard InChI is InChI=1S/C9H9F3/c1-6(5-10)7-2-3-8(11)9(12)4-7/h2-4,6H,5H2,1H3. The van der Waals surface area contributed by atoms with Crippen molar-refractivity contribution >= 4 is 0 Å². The van der Waals surface area contributed by atoms with E-state index in [1.807, 2.05) is 0 Å². The van der Waals surface area contributed by atoms with Crippen LogP contribution in [0.5, 0.6) is 0 Å². The van der Waals surface area contributed by atoms with Gasteiger partial charge in [-0.2, -0.15) is 0 Å². The largest absolute Gasteiger partial charge is 0.250 e. The molecule has 0 saturated carbocycles. The minimum absolute atomic E-state index is 0.375. The molecule has 0 heterocycles. The Morgan fingerprint density at radius 3 is 2.42 bits per heavy atom. The van der Waals surface area contributed by atoms with Crippen molar-refractivity contribution in [2.45, 2.75) is 12.8 Å². The molecule has 12 heavy (non-hydrogen) atoms. The van der Waals surface area contributed by atoms with Gasteiger partial charge in [-0.3, -0.25) is 4.39 Å². The molecule has 1 aromatic carbocycles. The monoisotopic (exact) mass is 174 g/mol. The zero-order valence-corrected chi connectivity index (χ0v) is 6.65. The van der Waals surface area contributed by atoms with E-state index in [9.17, 15) is 13.2 Å². The van der Waals surface area contributed by atoms with Crippen molar-refractivity contribution in [3.05, 3.63) is 35.4 Å². The van der Waals surface area contributed by atoms with Crippen LogP contribution in [0.25, 0.3) is 0 Å². The fraction of sp³-hybridized carbons (Fsp3) is 0.333. The number of alkyl halides is 1. The molecule has 0 fully saturated rings. The van der Waals surface area contributed by atoms with Crippen LogP contribution < -0.4 is 0 Å². The molecule has 3 heteroatoms. The van der Waals surface area contributed by atoms with Crippen molar-refractivity contribution in [1.82, 2.24) is 0 Å². The minimum Gasteiger partial charge on any atom is -0.250 e. The summed E-state index contributed by atoms with van der Waals surface area (Å²) in [5.74, 6) is -2.20. The number of rotatable bonds is 2. The molecule has 1 unspecified atom stereocenters. The Morgan fingerprint density at radius 2 is 1.92 bits per heavy atom. The second kappa shape index (κ2) is 3.61. The third-order valence-electron chi connectivity index (χ3n) is 1.74. The highest BCUT2D eigenvalue weighted by atomic mass is 19.2. The van der Waals surface area contributed by atoms with E-state index in [0.29, 0.717) is 5.56 Å². The average molecular weight is 174 g/mol. The predicted molar refractivity (Wildman–Crippen MR) is 40.7 cm³/mol. The van der Waals surface area contributed by atoms with Crippen LogP contribution >= 0.6 is 0 Å². The van der Waals surface area contributed by atoms with Gasteiger partial charge in [0.1, 0.15) is 0 Å². The van der Waals surface area contributed by atoms with E-state index in [-0.39, 0.29) is 5.92 Å². The molecule has 0 amide bonds. The molecule has 0 aliphatic rings. The summed E-state index contributed by atoms with van der Waals surface area (Å²) in [4.78, 5) is 0. The van der Waals surface area contributed by atoms with Crippen LogP contribution in [0.15, 0.2) is 18.2 Å². The lowest BCUT2D eigenvalue weighted by molar-refractivity contribution is 0.443. The Kier molecular flexibility index (Phi) is 2.74. The Labute approximate surface area is 69.0 Å². The molecule has 66 valence electrons. The quantitative estimate of drug-likeness (QED) is 0.646. The zero-order valence-electron chi connectivity index (χ0n) is 6.65. The number of hydrogen-bond acceptors (Lipinski definition) is 0. The molecular weight excluding hydrogens is 165 g/mol. The first-order chi connectivity index (χ1) is 5.65. The molecule has 0 bridgehead atoms. The van der Waals surface area contributed by atoms with Crippen LogP contribution in [-0.4, -0.2) is 6.67 Å². The molecule has 0 radical (unpaired) electrons. The van der Waals surface area contributed by atoms with Gasteiger partial charge in [0.05, 0.1) is 6.67 Å². The summed E-state index contributed by atoms with van der Waals surface area (Å²) in [6, 6.07) is 3.43. The Balaban J connectivity index is 2.96. The molecular formula is C9H9F3. The van der Waals surface area contributed by atoms with Gasteiger partial charge >= 0.3 is 0 Å². The van der Waals surface area contributed by atoms with Crippen molar-refractivity contribution in [2.24, 2.45) is 0 Å². The first-order valence-corrected chi connectivity index (χ1v) is 3.66. The predicted octanol–water partition coefficient (Wildman–Crippen LogP) is 3.04. The molecule has 1 atom stereocenters. The van der Waals surface area contributed by atoms with Crippen molar-refractivity contribution in [2.75, 3.05) is 6.67 Å². The highest BCUT2D eigenvalue weighted by Gasteiger charge is 2.08. The SMILES string of the molecule is CC(CF)c1ccc(F)c(F)c1. The topological polar surface area (TPSA) is 0 Å². The second-order valence-electron chi connectivity index (χ2n) is 2.73. The molecule has 0 N–H and O–H groups in total. The number of benzene rings is 1. The molecule has 0 aliphatic carbocycles. The fourth-order valence-corrected chi connectivity index (χ4v) is 0.908. The summed E-state index contributed by atoms with van der Waals surface area (Å²) >= 11 is 0. The first kappa shape index (κ1) is 9.10. The van der Waals surface area contributed by atoms with E-state index in [1.165, 1.54) is 6.07 Å². The van der Waals surface area contributed by atoms with Crippen molar-refractivity contribution < 1.29 is 13.2 Å². The van der Waals surface area contributed by atoms with Gasteiger partial charge in [0.25, 0.3) is 0 Å². The summed E-state index contributed by atoms with van der Waals surface area (Å²) in [7, 11) is 0. The van der Waals surface area contributed by atoms with Gasteiger partial charge in [-0.05, 0) is 17.7 Å². The van der Waals surface area contributed by atoms with Crippen molar-refractivity contribution in [3.63, 3.8) is 0 Å². The molecule has 1 rings (SSSR count). The molecule has 0 spiro atoms. The van der Waals surface area contributed by atoms with E-state index in [0.717, 1.165) is 12.1 Å². The third kappa shape index (κ3) is 1.78. The highest BCUT2D eigenvalue weighted by molar-refractivity contribution is 5.21. The first-order valence-electron chi connectivity index (χ1n) is 3.66. The van der Waals surface area contributed by atoms with Crippen molar-refractivity contribution in [1.29, 1.82) is 0 Å². The van der Waals surface area contributed by atoms with E-state index in [2.05, 4.69) is 0 Å². The van der Waals surface area contributed by atoms with E-state index < -0.39 is 18.3 Å². The van der Waals surface area contributed by atoms with E-state index in [4.69, 9.17) is 0 Å². The normalized spacial score (nSPS) is 13.0. The van der Waals surface area contributed by atoms with Crippen LogP contribution in [0.3, 0.4) is 0 Å². The van der Waals surface area contributed by atoms with Crippen LogP contribution in [0.2, 0.25) is 0 Å². The van der Waals surface area contributed by atoms with Crippen LogP contribution in [-0.2, 0) is 0 Å². The smallest absolute Gasteiger partial charge is 0.159 e. The molecule has 0 aliphatic heterocycles. The van der Waals surface area contributed by atoms with Gasteiger partial charge in [0, 0.05) is 5.92 Å². The molecule has 0 aromatic heterocycles. The zero-order chi connectivity index (χ0) is 9.14. The third-order valence-corrected chi connectivity index (χ3v) is 1.74. The number of halogens is 3. The van der Waals surface area contributed by atoms with Gasteiger partial charge in [0.15, 0.2) is 11.6 Å². The van der Waals surface area contributed by atoms with Gasteiger partial charge in [-0.15, -0.1) is 0 Å². The van der Waals surface area contributed by atoms with Gasteiger partial charge < -0.3 is 0 Å². The van der Waals surface area contributed by atoms with Crippen LogP contribution in [0.1, 0.15) is 18.4 Å². The maximum Gasteiger partial charge on any atom is 0.159 e. The Hall–Kier alpha value is -0.990. The maximum absolute atomic E-state index is 12.6. The van der Waals surface area contributed by atoms with Crippen LogP contribution in [0, 0.1) is 11.6 Å². The molecule has 1 aromatic rings. The molecule has 0 nitrogen and oxygen atoms in total.